The number of hydrogen-bond acceptors (Lipinski definition) is 5. The van der Waals surface area contributed by atoms with Crippen LogP contribution in [0, 0.1) is 0 Å². The zero-order valence-corrected chi connectivity index (χ0v) is 13.0. The largest absolute Gasteiger partial charge is 0.493 e. The van der Waals surface area contributed by atoms with Crippen LogP contribution in [0.2, 0.25) is 0 Å². The molecule has 1 N–H and O–H groups in total. The zero-order chi connectivity index (χ0) is 16.7. The number of ether oxygens (including phenoxy) is 2. The SMILES string of the molecule is COc1cc(C(C)=O)ccc1OCC(=O)NCc1ccncc1. The van der Waals surface area contributed by atoms with Crippen LogP contribution in [0.5, 0.6) is 11.5 Å². The number of hydrogen-bond donors (Lipinski definition) is 1. The molecule has 1 heterocycles. The van der Waals surface area contributed by atoms with Crippen molar-refractivity contribution in [2.45, 2.75) is 13.5 Å². The summed E-state index contributed by atoms with van der Waals surface area (Å²) < 4.78 is 10.6. The predicted molar refractivity (Wildman–Crippen MR) is 84.6 cm³/mol. The molecule has 0 radical (unpaired) electrons. The van der Waals surface area contributed by atoms with Gasteiger partial charge in [0.15, 0.2) is 23.9 Å². The van der Waals surface area contributed by atoms with Crippen molar-refractivity contribution in [3.8, 4) is 11.5 Å². The number of aromatic nitrogens is 1. The quantitative estimate of drug-likeness (QED) is 0.791. The molecule has 2 rings (SSSR count). The van der Waals surface area contributed by atoms with E-state index >= 15 is 0 Å². The van der Waals surface area contributed by atoms with Crippen LogP contribution >= 0.6 is 0 Å². The summed E-state index contributed by atoms with van der Waals surface area (Å²) >= 11 is 0. The molecule has 1 amide bonds. The predicted octanol–water partition coefficient (Wildman–Crippen LogP) is 1.99. The molecule has 0 aliphatic rings. The van der Waals surface area contributed by atoms with Crippen LogP contribution < -0.4 is 14.8 Å². The minimum Gasteiger partial charge on any atom is -0.493 e. The van der Waals surface area contributed by atoms with Crippen molar-refractivity contribution in [3.05, 3.63) is 53.9 Å². The molecule has 2 aromatic rings. The average molecular weight is 314 g/mol. The number of amides is 1. The standard InChI is InChI=1S/C17H18N2O4/c1-12(20)14-3-4-15(16(9-14)22-2)23-11-17(21)19-10-13-5-7-18-8-6-13/h3-9H,10-11H2,1-2H3,(H,19,21). The summed E-state index contributed by atoms with van der Waals surface area (Å²) in [6, 6.07) is 8.49. The van der Waals surface area contributed by atoms with Gasteiger partial charge < -0.3 is 14.8 Å². The Kier molecular flexibility index (Phi) is 5.68. The van der Waals surface area contributed by atoms with Crippen molar-refractivity contribution < 1.29 is 19.1 Å². The van der Waals surface area contributed by atoms with E-state index in [1.54, 1.807) is 30.6 Å². The monoisotopic (exact) mass is 314 g/mol. The molecule has 23 heavy (non-hydrogen) atoms. The maximum atomic E-state index is 11.8. The van der Waals surface area contributed by atoms with Gasteiger partial charge >= 0.3 is 0 Å². The Morgan fingerprint density at radius 1 is 1.13 bits per heavy atom. The minimum absolute atomic E-state index is 0.0649. The van der Waals surface area contributed by atoms with Crippen molar-refractivity contribution in [2.75, 3.05) is 13.7 Å². The van der Waals surface area contributed by atoms with E-state index in [0.29, 0.717) is 23.6 Å². The molecule has 0 atom stereocenters. The van der Waals surface area contributed by atoms with Crippen molar-refractivity contribution >= 4 is 11.7 Å². The second kappa shape index (κ2) is 7.93. The molecule has 1 aromatic heterocycles. The first-order chi connectivity index (χ1) is 11.1. The summed E-state index contributed by atoms with van der Waals surface area (Å²) in [6.07, 6.45) is 3.33. The summed E-state index contributed by atoms with van der Waals surface area (Å²) in [4.78, 5) is 27.1. The fourth-order valence-corrected chi connectivity index (χ4v) is 1.90. The van der Waals surface area contributed by atoms with E-state index in [1.165, 1.54) is 14.0 Å². The first kappa shape index (κ1) is 16.5. The number of carbonyl (C=O) groups is 2. The molecular weight excluding hydrogens is 296 g/mol. The Hall–Kier alpha value is -2.89. The number of nitrogens with one attached hydrogen (secondary N) is 1. The van der Waals surface area contributed by atoms with E-state index in [0.717, 1.165) is 5.56 Å². The zero-order valence-electron chi connectivity index (χ0n) is 13.0. The lowest BCUT2D eigenvalue weighted by Gasteiger charge is -2.11. The van der Waals surface area contributed by atoms with Gasteiger partial charge in [-0.1, -0.05) is 0 Å². The first-order valence-electron chi connectivity index (χ1n) is 7.07. The fraction of sp³-hybridized carbons (Fsp3) is 0.235. The van der Waals surface area contributed by atoms with Gasteiger partial charge in [0, 0.05) is 24.5 Å². The van der Waals surface area contributed by atoms with E-state index in [2.05, 4.69) is 10.3 Å². The molecule has 0 aliphatic carbocycles. The topological polar surface area (TPSA) is 77.5 Å². The van der Waals surface area contributed by atoms with E-state index in [9.17, 15) is 9.59 Å². The molecule has 1 aromatic carbocycles. The van der Waals surface area contributed by atoms with Gasteiger partial charge in [-0.2, -0.15) is 0 Å². The van der Waals surface area contributed by atoms with Crippen LogP contribution in [0.1, 0.15) is 22.8 Å². The molecule has 120 valence electrons. The smallest absolute Gasteiger partial charge is 0.258 e. The maximum absolute atomic E-state index is 11.8. The molecule has 6 heteroatoms. The number of Topliss-reactive ketones (excluding diaryl/α,β-unsaturated/α-hetero) is 1. The van der Waals surface area contributed by atoms with Gasteiger partial charge in [0.2, 0.25) is 0 Å². The third-order valence-electron chi connectivity index (χ3n) is 3.17. The summed E-state index contributed by atoms with van der Waals surface area (Å²) in [5.41, 5.74) is 1.48. The summed E-state index contributed by atoms with van der Waals surface area (Å²) in [7, 11) is 1.48. The lowest BCUT2D eigenvalue weighted by atomic mass is 10.1. The summed E-state index contributed by atoms with van der Waals surface area (Å²) in [5, 5.41) is 2.75. The second-order valence-electron chi connectivity index (χ2n) is 4.84. The number of ketones is 1. The molecular formula is C17H18N2O4. The minimum atomic E-state index is -0.250. The van der Waals surface area contributed by atoms with Gasteiger partial charge in [0.05, 0.1) is 7.11 Å². The highest BCUT2D eigenvalue weighted by Crippen LogP contribution is 2.28. The molecule has 0 unspecified atom stereocenters. The highest BCUT2D eigenvalue weighted by molar-refractivity contribution is 5.94. The Labute approximate surface area is 134 Å². The molecule has 0 spiro atoms. The van der Waals surface area contributed by atoms with E-state index in [1.807, 2.05) is 12.1 Å². The molecule has 0 saturated carbocycles. The van der Waals surface area contributed by atoms with Crippen LogP contribution in [0.4, 0.5) is 0 Å². The van der Waals surface area contributed by atoms with Gasteiger partial charge in [-0.25, -0.2) is 0 Å². The van der Waals surface area contributed by atoms with E-state index in [4.69, 9.17) is 9.47 Å². The highest BCUT2D eigenvalue weighted by atomic mass is 16.5. The Morgan fingerprint density at radius 2 is 1.87 bits per heavy atom. The second-order valence-corrected chi connectivity index (χ2v) is 4.84. The molecule has 0 saturated heterocycles. The third kappa shape index (κ3) is 4.81. The van der Waals surface area contributed by atoms with Gasteiger partial charge in [0.25, 0.3) is 5.91 Å². The molecule has 0 bridgehead atoms. The van der Waals surface area contributed by atoms with Crippen molar-refractivity contribution in [3.63, 3.8) is 0 Å². The van der Waals surface area contributed by atoms with Crippen molar-refractivity contribution in [1.82, 2.24) is 10.3 Å². The number of benzene rings is 1. The van der Waals surface area contributed by atoms with Crippen LogP contribution in [-0.4, -0.2) is 30.4 Å². The number of nitrogens with zero attached hydrogens (tertiary/aromatic N) is 1. The lowest BCUT2D eigenvalue weighted by Crippen LogP contribution is -2.28. The number of rotatable bonds is 7. The molecule has 0 aliphatic heterocycles. The van der Waals surface area contributed by atoms with Crippen LogP contribution in [0.15, 0.2) is 42.7 Å². The van der Waals surface area contributed by atoms with E-state index < -0.39 is 0 Å². The summed E-state index contributed by atoms with van der Waals surface area (Å²) in [5.74, 6) is 0.514. The molecule has 0 fully saturated rings. The van der Waals surface area contributed by atoms with Crippen LogP contribution in [-0.2, 0) is 11.3 Å². The van der Waals surface area contributed by atoms with E-state index in [-0.39, 0.29) is 18.3 Å². The highest BCUT2D eigenvalue weighted by Gasteiger charge is 2.10. The van der Waals surface area contributed by atoms with Crippen molar-refractivity contribution in [2.24, 2.45) is 0 Å². The van der Waals surface area contributed by atoms with Gasteiger partial charge in [-0.05, 0) is 42.8 Å². The van der Waals surface area contributed by atoms with Gasteiger partial charge in [-0.15, -0.1) is 0 Å². The van der Waals surface area contributed by atoms with Crippen molar-refractivity contribution in [1.29, 1.82) is 0 Å². The maximum Gasteiger partial charge on any atom is 0.258 e. The number of pyridine rings is 1. The van der Waals surface area contributed by atoms with Crippen LogP contribution in [0.25, 0.3) is 0 Å². The summed E-state index contributed by atoms with van der Waals surface area (Å²) in [6.45, 7) is 1.74. The van der Waals surface area contributed by atoms with Crippen LogP contribution in [0.3, 0.4) is 0 Å². The average Bonchev–Trinajstić information content (AvgIpc) is 2.58. The Bertz CT molecular complexity index is 686. The van der Waals surface area contributed by atoms with Gasteiger partial charge in [0.1, 0.15) is 0 Å². The Morgan fingerprint density at radius 3 is 2.52 bits per heavy atom. The first-order valence-corrected chi connectivity index (χ1v) is 7.07. The normalized spacial score (nSPS) is 10.0. The number of carbonyl (C=O) groups excluding carboxylic acids is 2. The Balaban J connectivity index is 1.90. The lowest BCUT2D eigenvalue weighted by molar-refractivity contribution is -0.123. The third-order valence-corrected chi connectivity index (χ3v) is 3.17. The number of methoxy groups -OCH3 is 1. The van der Waals surface area contributed by atoms with Gasteiger partial charge in [-0.3, -0.25) is 14.6 Å². The molecule has 6 nitrogen and oxygen atoms in total. The fourth-order valence-electron chi connectivity index (χ4n) is 1.90.